The quantitative estimate of drug-likeness (QED) is 0.886. The summed E-state index contributed by atoms with van der Waals surface area (Å²) in [6.07, 6.45) is 2.14. The summed E-state index contributed by atoms with van der Waals surface area (Å²) in [5.41, 5.74) is 0.871. The van der Waals surface area contributed by atoms with Gasteiger partial charge in [-0.3, -0.25) is 9.69 Å². The Kier molecular flexibility index (Phi) is 4.51. The second-order valence-electron chi connectivity index (χ2n) is 5.91. The molecule has 0 aromatic heterocycles. The summed E-state index contributed by atoms with van der Waals surface area (Å²) < 4.78 is 13.3. The van der Waals surface area contributed by atoms with Gasteiger partial charge in [0, 0.05) is 38.8 Å². The Morgan fingerprint density at radius 2 is 2.10 bits per heavy atom. The summed E-state index contributed by atoms with van der Waals surface area (Å²) in [6.45, 7) is 4.73. The van der Waals surface area contributed by atoms with Crippen LogP contribution in [0.3, 0.4) is 0 Å². The van der Waals surface area contributed by atoms with E-state index >= 15 is 0 Å². The Balaban J connectivity index is 1.62. The van der Waals surface area contributed by atoms with E-state index in [-0.39, 0.29) is 11.7 Å². The number of piperazine rings is 1. The topological polar surface area (TPSA) is 35.6 Å². The minimum absolute atomic E-state index is 0.170. The SMILES string of the molecule is O=C(CN1CCNCC1)N(Cc1cccc(F)c1)C1CC1. The molecule has 114 valence electrons. The van der Waals surface area contributed by atoms with Crippen LogP contribution in [0.1, 0.15) is 18.4 Å². The molecule has 5 heteroatoms. The molecule has 0 spiro atoms. The highest BCUT2D eigenvalue weighted by molar-refractivity contribution is 5.79. The van der Waals surface area contributed by atoms with Gasteiger partial charge in [-0.25, -0.2) is 4.39 Å². The second kappa shape index (κ2) is 6.54. The molecule has 3 rings (SSSR count). The predicted octanol–water partition coefficient (Wildman–Crippen LogP) is 1.22. The molecule has 0 bridgehead atoms. The van der Waals surface area contributed by atoms with E-state index in [0.29, 0.717) is 19.1 Å². The summed E-state index contributed by atoms with van der Waals surface area (Å²) in [4.78, 5) is 16.7. The molecule has 1 aliphatic heterocycles. The summed E-state index contributed by atoms with van der Waals surface area (Å²) in [5, 5.41) is 3.29. The van der Waals surface area contributed by atoms with Gasteiger partial charge < -0.3 is 10.2 Å². The monoisotopic (exact) mass is 291 g/mol. The van der Waals surface area contributed by atoms with E-state index in [4.69, 9.17) is 0 Å². The first-order valence-corrected chi connectivity index (χ1v) is 7.69. The first-order valence-electron chi connectivity index (χ1n) is 7.69. The molecule has 1 aliphatic carbocycles. The number of hydrogen-bond acceptors (Lipinski definition) is 3. The minimum Gasteiger partial charge on any atom is -0.334 e. The molecule has 1 heterocycles. The van der Waals surface area contributed by atoms with Crippen molar-refractivity contribution in [2.24, 2.45) is 0 Å². The van der Waals surface area contributed by atoms with Crippen LogP contribution in [0.25, 0.3) is 0 Å². The zero-order chi connectivity index (χ0) is 14.7. The maximum Gasteiger partial charge on any atom is 0.237 e. The van der Waals surface area contributed by atoms with Crippen LogP contribution in [-0.2, 0) is 11.3 Å². The maximum absolute atomic E-state index is 13.3. The van der Waals surface area contributed by atoms with Gasteiger partial charge in [0.2, 0.25) is 5.91 Å². The lowest BCUT2D eigenvalue weighted by Gasteiger charge is -2.30. The Morgan fingerprint density at radius 3 is 2.76 bits per heavy atom. The smallest absolute Gasteiger partial charge is 0.237 e. The number of rotatable bonds is 5. The zero-order valence-electron chi connectivity index (χ0n) is 12.2. The van der Waals surface area contributed by atoms with Gasteiger partial charge >= 0.3 is 0 Å². The van der Waals surface area contributed by atoms with E-state index in [2.05, 4.69) is 10.2 Å². The van der Waals surface area contributed by atoms with Crippen molar-refractivity contribution in [3.05, 3.63) is 35.6 Å². The van der Waals surface area contributed by atoms with Crippen LogP contribution in [0.5, 0.6) is 0 Å². The van der Waals surface area contributed by atoms with Gasteiger partial charge in [0.1, 0.15) is 5.82 Å². The standard InChI is InChI=1S/C16H22FN3O/c17-14-3-1-2-13(10-14)11-20(15-4-5-15)16(21)12-19-8-6-18-7-9-19/h1-3,10,15,18H,4-9,11-12H2. The second-order valence-corrected chi connectivity index (χ2v) is 5.91. The van der Waals surface area contributed by atoms with Crippen molar-refractivity contribution in [1.29, 1.82) is 0 Å². The average Bonchev–Trinajstić information content (AvgIpc) is 3.30. The minimum atomic E-state index is -0.238. The average molecular weight is 291 g/mol. The highest BCUT2D eigenvalue weighted by Gasteiger charge is 2.33. The van der Waals surface area contributed by atoms with E-state index in [1.807, 2.05) is 11.0 Å². The molecule has 1 aromatic rings. The Morgan fingerprint density at radius 1 is 1.33 bits per heavy atom. The third-order valence-corrected chi connectivity index (χ3v) is 4.12. The van der Waals surface area contributed by atoms with Gasteiger partial charge in [-0.1, -0.05) is 12.1 Å². The molecule has 0 atom stereocenters. The lowest BCUT2D eigenvalue weighted by Crippen LogP contribution is -2.48. The molecule has 0 unspecified atom stereocenters. The van der Waals surface area contributed by atoms with Crippen LogP contribution in [0, 0.1) is 5.82 Å². The van der Waals surface area contributed by atoms with Crippen LogP contribution >= 0.6 is 0 Å². The summed E-state index contributed by atoms with van der Waals surface area (Å²) in [7, 11) is 0. The van der Waals surface area contributed by atoms with Gasteiger partial charge in [0.25, 0.3) is 0 Å². The number of carbonyl (C=O) groups excluding carboxylic acids is 1. The van der Waals surface area contributed by atoms with Gasteiger partial charge in [-0.15, -0.1) is 0 Å². The molecule has 1 amide bonds. The molecular formula is C16H22FN3O. The van der Waals surface area contributed by atoms with Crippen molar-refractivity contribution in [2.45, 2.75) is 25.4 Å². The lowest BCUT2D eigenvalue weighted by molar-refractivity contribution is -0.133. The van der Waals surface area contributed by atoms with E-state index in [0.717, 1.165) is 44.6 Å². The van der Waals surface area contributed by atoms with E-state index in [1.54, 1.807) is 6.07 Å². The third kappa shape index (κ3) is 4.02. The molecule has 1 aromatic carbocycles. The number of halogens is 1. The Labute approximate surface area is 124 Å². The number of hydrogen-bond donors (Lipinski definition) is 1. The fourth-order valence-electron chi connectivity index (χ4n) is 2.79. The maximum atomic E-state index is 13.3. The van der Waals surface area contributed by atoms with Crippen molar-refractivity contribution < 1.29 is 9.18 Å². The van der Waals surface area contributed by atoms with Crippen LogP contribution < -0.4 is 5.32 Å². The van der Waals surface area contributed by atoms with Gasteiger partial charge in [-0.2, -0.15) is 0 Å². The summed E-state index contributed by atoms with van der Waals surface area (Å²) >= 11 is 0. The van der Waals surface area contributed by atoms with Crippen molar-refractivity contribution >= 4 is 5.91 Å². The molecule has 0 radical (unpaired) electrons. The van der Waals surface area contributed by atoms with Crippen molar-refractivity contribution in [2.75, 3.05) is 32.7 Å². The van der Waals surface area contributed by atoms with Gasteiger partial charge in [0.15, 0.2) is 0 Å². The number of nitrogens with zero attached hydrogens (tertiary/aromatic N) is 2. The normalized spacial score (nSPS) is 19.5. The van der Waals surface area contributed by atoms with Crippen molar-refractivity contribution in [3.8, 4) is 0 Å². The van der Waals surface area contributed by atoms with Crippen LogP contribution in [0.15, 0.2) is 24.3 Å². The number of nitrogens with one attached hydrogen (secondary N) is 1. The van der Waals surface area contributed by atoms with Crippen molar-refractivity contribution in [3.63, 3.8) is 0 Å². The summed E-state index contributed by atoms with van der Waals surface area (Å²) in [6, 6.07) is 6.90. The Bertz CT molecular complexity index is 498. The van der Waals surface area contributed by atoms with Crippen LogP contribution in [-0.4, -0.2) is 54.5 Å². The van der Waals surface area contributed by atoms with Crippen LogP contribution in [0.4, 0.5) is 4.39 Å². The molecule has 1 saturated heterocycles. The van der Waals surface area contributed by atoms with E-state index < -0.39 is 0 Å². The van der Waals surface area contributed by atoms with Gasteiger partial charge in [0.05, 0.1) is 6.54 Å². The van der Waals surface area contributed by atoms with E-state index in [1.165, 1.54) is 12.1 Å². The van der Waals surface area contributed by atoms with E-state index in [9.17, 15) is 9.18 Å². The molecule has 1 N–H and O–H groups in total. The number of benzene rings is 1. The lowest BCUT2D eigenvalue weighted by atomic mass is 10.2. The highest BCUT2D eigenvalue weighted by atomic mass is 19.1. The number of amides is 1. The largest absolute Gasteiger partial charge is 0.334 e. The molecule has 1 saturated carbocycles. The predicted molar refractivity (Wildman–Crippen MR) is 79.3 cm³/mol. The fourth-order valence-corrected chi connectivity index (χ4v) is 2.79. The summed E-state index contributed by atoms with van der Waals surface area (Å²) in [5.74, 6) is -0.0681. The zero-order valence-corrected chi connectivity index (χ0v) is 12.2. The molecular weight excluding hydrogens is 269 g/mol. The molecule has 21 heavy (non-hydrogen) atoms. The molecule has 2 fully saturated rings. The Hall–Kier alpha value is -1.46. The molecule has 2 aliphatic rings. The fraction of sp³-hybridized carbons (Fsp3) is 0.562. The first kappa shape index (κ1) is 14.5. The third-order valence-electron chi connectivity index (χ3n) is 4.12. The van der Waals surface area contributed by atoms with Gasteiger partial charge in [-0.05, 0) is 30.5 Å². The van der Waals surface area contributed by atoms with Crippen molar-refractivity contribution in [1.82, 2.24) is 15.1 Å². The highest BCUT2D eigenvalue weighted by Crippen LogP contribution is 2.28. The number of carbonyl (C=O) groups is 1. The van der Waals surface area contributed by atoms with Crippen LogP contribution in [0.2, 0.25) is 0 Å². The molecule has 4 nitrogen and oxygen atoms in total. The first-order chi connectivity index (χ1) is 10.2.